The van der Waals surface area contributed by atoms with Gasteiger partial charge < -0.3 is 82.0 Å². The predicted molar refractivity (Wildman–Crippen MR) is 247 cm³/mol. The molecular formula is C48H52F2N2O21. The van der Waals surface area contributed by atoms with Crippen LogP contribution < -0.4 is 29.4 Å². The zero-order chi connectivity index (χ0) is 53.4. The molecule has 5 rings (SSSR count). The van der Waals surface area contributed by atoms with Gasteiger partial charge in [-0.1, -0.05) is 12.1 Å². The van der Waals surface area contributed by atoms with Crippen LogP contribution >= 0.6 is 0 Å². The molecule has 25 heteroatoms. The SMILES string of the molecule is CC(=O)OCOc1cc2oc3cc(=O)c(F)cc-3c(-c3ccc(N(CC(=O)O)CC(O)OCOC(C)=O)c(OCCOc4cc(C)ccc4N(CC(O)OCOC(C)=O)CC(O)OCOC(C)=O)c3)c2cc1F. The Morgan fingerprint density at radius 3 is 1.66 bits per heavy atom. The first kappa shape index (κ1) is 56.2. The van der Waals surface area contributed by atoms with Gasteiger partial charge in [-0.25, -0.2) is 8.78 Å². The van der Waals surface area contributed by atoms with Crippen LogP contribution in [0, 0.1) is 18.6 Å². The highest BCUT2D eigenvalue weighted by molar-refractivity contribution is 6.02. The van der Waals surface area contributed by atoms with E-state index < -0.39 is 112 Å². The number of hydrogen-bond acceptors (Lipinski definition) is 22. The van der Waals surface area contributed by atoms with Crippen molar-refractivity contribution in [2.75, 3.05) is 76.4 Å². The Kier molecular flexibility index (Phi) is 20.6. The number of fused-ring (bicyclic) bond motifs is 2. The van der Waals surface area contributed by atoms with Gasteiger partial charge in [0.1, 0.15) is 42.6 Å². The number of aryl methyl sites for hydroxylation is 1. The summed E-state index contributed by atoms with van der Waals surface area (Å²) in [6.07, 6.45) is -4.94. The number of aliphatic carboxylic acids is 1. The molecule has 1 heterocycles. The molecule has 0 saturated heterocycles. The third-order valence-corrected chi connectivity index (χ3v) is 9.97. The number of rotatable bonds is 28. The van der Waals surface area contributed by atoms with Crippen LogP contribution in [0.4, 0.5) is 20.2 Å². The number of esters is 4. The van der Waals surface area contributed by atoms with Crippen LogP contribution in [-0.2, 0) is 57.1 Å². The highest BCUT2D eigenvalue weighted by Gasteiger charge is 2.26. The van der Waals surface area contributed by atoms with Crippen molar-refractivity contribution in [2.45, 2.75) is 53.5 Å². The second-order valence-corrected chi connectivity index (χ2v) is 15.6. The van der Waals surface area contributed by atoms with Gasteiger partial charge in [0.05, 0.1) is 31.0 Å². The van der Waals surface area contributed by atoms with Crippen molar-refractivity contribution in [2.24, 2.45) is 0 Å². The van der Waals surface area contributed by atoms with Crippen molar-refractivity contribution < 1.29 is 105 Å². The number of carboxylic acids is 1. The summed E-state index contributed by atoms with van der Waals surface area (Å²) in [5.74, 6) is -6.73. The van der Waals surface area contributed by atoms with Gasteiger partial charge in [0.2, 0.25) is 12.2 Å². The number of halogens is 2. The Morgan fingerprint density at radius 2 is 1.11 bits per heavy atom. The van der Waals surface area contributed by atoms with Gasteiger partial charge in [-0.15, -0.1) is 0 Å². The molecule has 0 bridgehead atoms. The average molecular weight is 1030 g/mol. The number of ether oxygens (including phenoxy) is 10. The molecule has 3 aromatic rings. The summed E-state index contributed by atoms with van der Waals surface area (Å²) >= 11 is 0. The number of hydrogen-bond donors (Lipinski definition) is 4. The largest absolute Gasteiger partial charge is 0.488 e. The van der Waals surface area contributed by atoms with Crippen molar-refractivity contribution in [3.05, 3.63) is 88.1 Å². The van der Waals surface area contributed by atoms with Gasteiger partial charge in [0.15, 0.2) is 56.6 Å². The maximum absolute atomic E-state index is 15.8. The fraction of sp³-hybridized carbons (Fsp3) is 0.375. The predicted octanol–water partition coefficient (Wildman–Crippen LogP) is 3.77. The van der Waals surface area contributed by atoms with Crippen LogP contribution in [0.2, 0.25) is 0 Å². The van der Waals surface area contributed by atoms with Crippen molar-refractivity contribution >= 4 is 52.2 Å². The van der Waals surface area contributed by atoms with E-state index in [9.17, 15) is 49.2 Å². The lowest BCUT2D eigenvalue weighted by Crippen LogP contribution is -2.40. The molecule has 2 aliphatic rings. The molecule has 23 nitrogen and oxygen atoms in total. The molecule has 3 aromatic carbocycles. The summed E-state index contributed by atoms with van der Waals surface area (Å²) < 4.78 is 89.2. The normalized spacial score (nSPS) is 12.4. The third-order valence-electron chi connectivity index (χ3n) is 9.97. The van der Waals surface area contributed by atoms with Crippen LogP contribution in [-0.4, -0.2) is 136 Å². The number of benzene rings is 4. The van der Waals surface area contributed by atoms with Gasteiger partial charge in [-0.05, 0) is 54.4 Å². The molecule has 0 amide bonds. The van der Waals surface area contributed by atoms with E-state index in [1.807, 2.05) is 0 Å². The molecule has 4 N–H and O–H groups in total. The lowest BCUT2D eigenvalue weighted by atomic mass is 9.93. The van der Waals surface area contributed by atoms with E-state index >= 15 is 8.78 Å². The molecule has 0 spiro atoms. The number of carboxylic acid groups (broad SMARTS) is 1. The first-order valence-electron chi connectivity index (χ1n) is 21.9. The third kappa shape index (κ3) is 17.0. The van der Waals surface area contributed by atoms with Crippen LogP contribution in [0.3, 0.4) is 0 Å². The molecule has 0 radical (unpaired) electrons. The van der Waals surface area contributed by atoms with E-state index in [1.54, 1.807) is 25.1 Å². The lowest BCUT2D eigenvalue weighted by molar-refractivity contribution is -0.184. The number of anilines is 2. The van der Waals surface area contributed by atoms with E-state index in [2.05, 4.69) is 0 Å². The molecule has 0 saturated carbocycles. The number of nitrogens with zero attached hydrogens (tertiary/aromatic N) is 2. The summed E-state index contributed by atoms with van der Waals surface area (Å²) in [5.41, 5.74) is 0.178. The van der Waals surface area contributed by atoms with Crippen LogP contribution in [0.15, 0.2) is 69.9 Å². The van der Waals surface area contributed by atoms with Crippen LogP contribution in [0.1, 0.15) is 33.3 Å². The lowest BCUT2D eigenvalue weighted by Gasteiger charge is -2.30. The Morgan fingerprint density at radius 1 is 0.603 bits per heavy atom. The van der Waals surface area contributed by atoms with Gasteiger partial charge in [-0.3, -0.25) is 28.8 Å². The summed E-state index contributed by atoms with van der Waals surface area (Å²) in [6.45, 7) is 1.10. The Balaban J connectivity index is 1.56. The summed E-state index contributed by atoms with van der Waals surface area (Å²) in [6, 6.07) is 13.1. The molecule has 3 atom stereocenters. The van der Waals surface area contributed by atoms with Crippen molar-refractivity contribution in [1.29, 1.82) is 0 Å². The second kappa shape index (κ2) is 26.7. The fourth-order valence-corrected chi connectivity index (χ4v) is 6.83. The van der Waals surface area contributed by atoms with E-state index in [-0.39, 0.29) is 82.6 Å². The maximum Gasteiger partial charge on any atom is 0.323 e. The molecule has 394 valence electrons. The van der Waals surface area contributed by atoms with Crippen LogP contribution in [0.25, 0.3) is 33.4 Å². The quantitative estimate of drug-likeness (QED) is 0.0182. The molecule has 73 heavy (non-hydrogen) atoms. The minimum Gasteiger partial charge on any atom is -0.488 e. The fourth-order valence-electron chi connectivity index (χ4n) is 6.83. The average Bonchev–Trinajstić information content (AvgIpc) is 3.29. The number of aliphatic hydroxyl groups is 3. The number of aliphatic hydroxyl groups excluding tert-OH is 3. The number of carbonyl (C=O) groups excluding carboxylic acids is 4. The molecule has 3 unspecified atom stereocenters. The van der Waals surface area contributed by atoms with Gasteiger partial charge >= 0.3 is 29.8 Å². The summed E-state index contributed by atoms with van der Waals surface area (Å²) in [5, 5.41) is 42.3. The minimum atomic E-state index is -1.73. The number of carbonyl (C=O) groups is 5. The van der Waals surface area contributed by atoms with Crippen molar-refractivity contribution in [1.82, 2.24) is 0 Å². The van der Waals surface area contributed by atoms with Crippen molar-refractivity contribution in [3.63, 3.8) is 0 Å². The first-order valence-corrected chi connectivity index (χ1v) is 21.9. The molecule has 1 aliphatic carbocycles. The summed E-state index contributed by atoms with van der Waals surface area (Å²) in [7, 11) is 0. The Hall–Kier alpha value is -7.68. The second-order valence-electron chi connectivity index (χ2n) is 15.6. The standard InChI is InChI=1S/C48H52F2N2O21/c1-26-6-8-36(52(20-46(61)71-24-67-29(4)55)21-47(62)72-25-68-30(5)56)42(12-26)63-10-11-64-43-13-31(7-9-37(43)51(18-44(58)59)19-45(60)70-23-66-28(3)54)48-32-14-34(49)38(57)16-39(32)73-40-17-41(35(50)15-33(40)48)69-22-65-27(2)53/h6-9,12-17,45-47,60-62H,10-11,18-25H2,1-5H3,(H,58,59). The molecule has 1 aliphatic heterocycles. The zero-order valence-electron chi connectivity index (χ0n) is 40.0. The summed E-state index contributed by atoms with van der Waals surface area (Å²) in [4.78, 5) is 72.7. The van der Waals surface area contributed by atoms with E-state index in [0.29, 0.717) is 5.56 Å². The van der Waals surface area contributed by atoms with Crippen LogP contribution in [0.5, 0.6) is 17.2 Å². The highest BCUT2D eigenvalue weighted by atomic mass is 19.1. The minimum absolute atomic E-state index is 0.00313. The monoisotopic (exact) mass is 1030 g/mol. The first-order chi connectivity index (χ1) is 34.7. The molecule has 0 fully saturated rings. The van der Waals surface area contributed by atoms with E-state index in [1.165, 1.54) is 23.1 Å². The van der Waals surface area contributed by atoms with Gasteiger partial charge in [-0.2, -0.15) is 0 Å². The van der Waals surface area contributed by atoms with Gasteiger partial charge in [0, 0.05) is 56.3 Å². The Bertz CT molecular complexity index is 2740. The molecular weight excluding hydrogens is 979 g/mol. The zero-order valence-corrected chi connectivity index (χ0v) is 40.0. The Labute approximate surface area is 414 Å². The smallest absolute Gasteiger partial charge is 0.323 e. The topological polar surface area (TPSA) is 295 Å². The highest BCUT2D eigenvalue weighted by Crippen LogP contribution is 2.44. The van der Waals surface area contributed by atoms with Gasteiger partial charge in [0.25, 0.3) is 0 Å². The van der Waals surface area contributed by atoms with E-state index in [0.717, 1.165) is 56.9 Å². The van der Waals surface area contributed by atoms with Crippen molar-refractivity contribution in [3.8, 4) is 39.7 Å². The molecule has 0 aromatic heterocycles. The maximum atomic E-state index is 15.8. The van der Waals surface area contributed by atoms with E-state index in [4.69, 9.17) is 51.8 Å².